The molecule has 2 heterocycles. The number of hydrogen-bond donors (Lipinski definition) is 2. The predicted octanol–water partition coefficient (Wildman–Crippen LogP) is 4.07. The molecular weight excluding hydrogens is 430 g/mol. The van der Waals surface area contributed by atoms with E-state index in [1.807, 2.05) is 6.92 Å². The quantitative estimate of drug-likeness (QED) is 0.580. The van der Waals surface area contributed by atoms with E-state index in [9.17, 15) is 18.4 Å². The van der Waals surface area contributed by atoms with E-state index in [1.165, 1.54) is 30.0 Å². The van der Waals surface area contributed by atoms with E-state index in [-0.39, 0.29) is 24.8 Å². The minimum absolute atomic E-state index is 0.197. The van der Waals surface area contributed by atoms with Crippen molar-refractivity contribution in [2.24, 2.45) is 0 Å². The molecule has 0 bridgehead atoms. The molecule has 1 aliphatic heterocycles. The molecule has 4 rings (SSSR count). The molecule has 9 heteroatoms. The number of ether oxygens (including phenoxy) is 1. The zero-order valence-corrected chi connectivity index (χ0v) is 18.2. The van der Waals surface area contributed by atoms with Crippen LogP contribution in [0.2, 0.25) is 0 Å². The number of carbonyl (C=O) groups is 2. The normalized spacial score (nSPS) is 14.8. The van der Waals surface area contributed by atoms with E-state index in [0.29, 0.717) is 16.9 Å². The number of nitrogens with one attached hydrogen (secondary N) is 1. The number of amides is 2. The van der Waals surface area contributed by atoms with Crippen LogP contribution in [0, 0.1) is 18.6 Å². The molecule has 1 aromatic heterocycles. The number of nitrogen functional groups attached to an aromatic ring is 1. The first-order valence-corrected chi connectivity index (χ1v) is 10.2. The third-order valence-electron chi connectivity index (χ3n) is 4.77. The molecule has 1 saturated heterocycles. The Morgan fingerprint density at radius 2 is 2.00 bits per heavy atom. The third kappa shape index (κ3) is 6.49. The summed E-state index contributed by atoms with van der Waals surface area (Å²) in [5.41, 5.74) is 8.06. The maximum atomic E-state index is 14.5. The van der Waals surface area contributed by atoms with Crippen molar-refractivity contribution < 1.29 is 23.1 Å². The number of cyclic esters (lactones) is 1. The Bertz CT molecular complexity index is 1140. The van der Waals surface area contributed by atoms with Gasteiger partial charge in [0.15, 0.2) is 0 Å². The van der Waals surface area contributed by atoms with E-state index < -0.39 is 18.0 Å². The summed E-state index contributed by atoms with van der Waals surface area (Å²) in [6, 6.07) is 14.0. The summed E-state index contributed by atoms with van der Waals surface area (Å²) in [6.07, 6.45) is 0.617. The molecule has 3 aromatic rings. The summed E-state index contributed by atoms with van der Waals surface area (Å²) in [4.78, 5) is 28.4. The Balaban J connectivity index is 0.000000323. The average molecular weight is 454 g/mol. The molecule has 33 heavy (non-hydrogen) atoms. The van der Waals surface area contributed by atoms with Gasteiger partial charge in [-0.25, -0.2) is 13.6 Å². The standard InChI is InChI=1S/C18H18FN3O3.C6H6FN/c1-11-7-13(5-6-20-11)16-4-3-14(8-17(16)19)22-10-15(25-18(22)24)9-21-12(2)23;7-5-2-1-3-6(8)4-5/h3-8,15H,9-10H2,1-2H3,(H,21,23);1-4H,8H2. The lowest BCUT2D eigenvalue weighted by molar-refractivity contribution is -0.119. The van der Waals surface area contributed by atoms with Gasteiger partial charge in [0.2, 0.25) is 5.91 Å². The van der Waals surface area contributed by atoms with E-state index in [0.717, 1.165) is 11.3 Å². The fraction of sp³-hybridized carbons (Fsp3) is 0.208. The maximum Gasteiger partial charge on any atom is 0.414 e. The van der Waals surface area contributed by atoms with E-state index >= 15 is 0 Å². The summed E-state index contributed by atoms with van der Waals surface area (Å²) in [7, 11) is 0. The van der Waals surface area contributed by atoms with Gasteiger partial charge in [-0.2, -0.15) is 0 Å². The molecule has 0 spiro atoms. The Kier molecular flexibility index (Phi) is 7.55. The number of aryl methyl sites for hydroxylation is 1. The molecule has 0 radical (unpaired) electrons. The Hall–Kier alpha value is -4.01. The largest absolute Gasteiger partial charge is 0.442 e. The third-order valence-corrected chi connectivity index (χ3v) is 4.77. The van der Waals surface area contributed by atoms with E-state index in [4.69, 9.17) is 10.5 Å². The number of anilines is 2. The number of pyridine rings is 1. The van der Waals surface area contributed by atoms with Gasteiger partial charge in [0, 0.05) is 30.1 Å². The number of nitrogens with zero attached hydrogens (tertiary/aromatic N) is 2. The highest BCUT2D eigenvalue weighted by molar-refractivity contribution is 5.90. The van der Waals surface area contributed by atoms with Crippen LogP contribution < -0.4 is 16.0 Å². The molecule has 1 unspecified atom stereocenters. The van der Waals surface area contributed by atoms with Crippen LogP contribution in [0.15, 0.2) is 60.8 Å². The van der Waals surface area contributed by atoms with Gasteiger partial charge >= 0.3 is 6.09 Å². The molecule has 0 aliphatic carbocycles. The van der Waals surface area contributed by atoms with Gasteiger partial charge in [0.05, 0.1) is 18.8 Å². The highest BCUT2D eigenvalue weighted by atomic mass is 19.1. The number of nitrogens with two attached hydrogens (primary N) is 1. The lowest BCUT2D eigenvalue weighted by Crippen LogP contribution is -2.33. The summed E-state index contributed by atoms with van der Waals surface area (Å²) < 4.78 is 31.8. The van der Waals surface area contributed by atoms with Crippen molar-refractivity contribution in [3.8, 4) is 11.1 Å². The lowest BCUT2D eigenvalue weighted by Gasteiger charge is -2.14. The molecule has 0 saturated carbocycles. The van der Waals surface area contributed by atoms with Gasteiger partial charge in [-0.1, -0.05) is 6.07 Å². The first-order chi connectivity index (χ1) is 15.7. The number of carbonyl (C=O) groups excluding carboxylic acids is 2. The highest BCUT2D eigenvalue weighted by Gasteiger charge is 2.32. The molecular formula is C24H24F2N4O3. The van der Waals surface area contributed by atoms with Crippen molar-refractivity contribution in [1.29, 1.82) is 0 Å². The van der Waals surface area contributed by atoms with Gasteiger partial charge in [-0.05, 0) is 61.0 Å². The first-order valence-electron chi connectivity index (χ1n) is 10.2. The van der Waals surface area contributed by atoms with Crippen LogP contribution in [0.5, 0.6) is 0 Å². The smallest absolute Gasteiger partial charge is 0.414 e. The lowest BCUT2D eigenvalue weighted by atomic mass is 10.0. The van der Waals surface area contributed by atoms with Crippen LogP contribution in [0.25, 0.3) is 11.1 Å². The van der Waals surface area contributed by atoms with E-state index in [1.54, 1.807) is 42.6 Å². The predicted molar refractivity (Wildman–Crippen MR) is 121 cm³/mol. The molecule has 7 nitrogen and oxygen atoms in total. The SMILES string of the molecule is CC(=O)NCC1CN(c2ccc(-c3ccnc(C)c3)c(F)c2)C(=O)O1.Nc1cccc(F)c1. The number of aromatic nitrogens is 1. The number of rotatable bonds is 4. The number of benzene rings is 2. The van der Waals surface area contributed by atoms with Crippen LogP contribution in [-0.2, 0) is 9.53 Å². The maximum absolute atomic E-state index is 14.5. The highest BCUT2D eigenvalue weighted by Crippen LogP contribution is 2.29. The number of halogens is 2. The summed E-state index contributed by atoms with van der Waals surface area (Å²) in [5.74, 6) is -0.913. The molecule has 1 aliphatic rings. The van der Waals surface area contributed by atoms with Crippen molar-refractivity contribution in [1.82, 2.24) is 10.3 Å². The van der Waals surface area contributed by atoms with Crippen molar-refractivity contribution in [2.75, 3.05) is 23.7 Å². The van der Waals surface area contributed by atoms with Crippen molar-refractivity contribution >= 4 is 23.4 Å². The monoisotopic (exact) mass is 454 g/mol. The van der Waals surface area contributed by atoms with Gasteiger partial charge in [0.1, 0.15) is 17.7 Å². The second-order valence-corrected chi connectivity index (χ2v) is 7.46. The van der Waals surface area contributed by atoms with Crippen LogP contribution in [0.1, 0.15) is 12.6 Å². The topological polar surface area (TPSA) is 97.5 Å². The first kappa shape index (κ1) is 23.6. The Morgan fingerprint density at radius 3 is 2.61 bits per heavy atom. The van der Waals surface area contributed by atoms with Gasteiger partial charge in [0.25, 0.3) is 0 Å². The van der Waals surface area contributed by atoms with Crippen molar-refractivity contribution in [2.45, 2.75) is 20.0 Å². The van der Waals surface area contributed by atoms with E-state index in [2.05, 4.69) is 10.3 Å². The second-order valence-electron chi connectivity index (χ2n) is 7.46. The van der Waals surface area contributed by atoms with Crippen molar-refractivity contribution in [3.63, 3.8) is 0 Å². The summed E-state index contributed by atoms with van der Waals surface area (Å²) >= 11 is 0. The fourth-order valence-corrected chi connectivity index (χ4v) is 3.22. The molecule has 1 fully saturated rings. The van der Waals surface area contributed by atoms with Gasteiger partial charge < -0.3 is 15.8 Å². The minimum Gasteiger partial charge on any atom is -0.442 e. The Labute approximate surface area is 190 Å². The molecule has 1 atom stereocenters. The summed E-state index contributed by atoms with van der Waals surface area (Å²) in [5, 5.41) is 2.60. The Morgan fingerprint density at radius 1 is 1.21 bits per heavy atom. The van der Waals surface area contributed by atoms with Crippen molar-refractivity contribution in [3.05, 3.63) is 78.1 Å². The van der Waals surface area contributed by atoms with Crippen LogP contribution in [0.4, 0.5) is 25.0 Å². The van der Waals surface area contributed by atoms with Crippen LogP contribution in [-0.4, -0.2) is 36.2 Å². The minimum atomic E-state index is -0.553. The second kappa shape index (κ2) is 10.5. The van der Waals surface area contributed by atoms with Crippen LogP contribution >= 0.6 is 0 Å². The fourth-order valence-electron chi connectivity index (χ4n) is 3.22. The molecule has 172 valence electrons. The molecule has 2 aromatic carbocycles. The molecule has 2 amide bonds. The van der Waals surface area contributed by atoms with Gasteiger partial charge in [-0.15, -0.1) is 0 Å². The average Bonchev–Trinajstić information content (AvgIpc) is 3.13. The zero-order chi connectivity index (χ0) is 24.0. The zero-order valence-electron chi connectivity index (χ0n) is 18.2. The number of hydrogen-bond acceptors (Lipinski definition) is 5. The summed E-state index contributed by atoms with van der Waals surface area (Å²) in [6.45, 7) is 3.72. The van der Waals surface area contributed by atoms with Gasteiger partial charge in [-0.3, -0.25) is 14.7 Å². The van der Waals surface area contributed by atoms with Crippen LogP contribution in [0.3, 0.4) is 0 Å². The molecule has 3 N–H and O–H groups in total.